The highest BCUT2D eigenvalue weighted by Crippen LogP contribution is 2.08. The Balaban J connectivity index is 1.61. The minimum Gasteiger partial charge on any atom is -0.356 e. The summed E-state index contributed by atoms with van der Waals surface area (Å²) >= 11 is 1.72. The predicted molar refractivity (Wildman–Crippen MR) is 67.9 cm³/mol. The Bertz CT molecular complexity index is 436. The lowest BCUT2D eigenvalue weighted by Gasteiger charge is -2.03. The molecule has 0 unspecified atom stereocenters. The molecule has 5 heteroatoms. The Labute approximate surface area is 104 Å². The summed E-state index contributed by atoms with van der Waals surface area (Å²) in [6, 6.07) is 4.11. The smallest absolute Gasteiger partial charge is 0.220 e. The first-order valence-corrected chi connectivity index (χ1v) is 6.49. The molecule has 0 saturated heterocycles. The van der Waals surface area contributed by atoms with Crippen molar-refractivity contribution in [2.75, 3.05) is 6.54 Å². The first-order chi connectivity index (χ1) is 8.34. The van der Waals surface area contributed by atoms with Gasteiger partial charge in [0.25, 0.3) is 0 Å². The topological polar surface area (TPSA) is 57.8 Å². The molecule has 0 fully saturated rings. The van der Waals surface area contributed by atoms with Gasteiger partial charge in [-0.3, -0.25) is 4.79 Å². The molecule has 0 atom stereocenters. The lowest BCUT2D eigenvalue weighted by molar-refractivity contribution is -0.121. The summed E-state index contributed by atoms with van der Waals surface area (Å²) in [5.41, 5.74) is 0.999. The Morgan fingerprint density at radius 1 is 1.47 bits per heavy atom. The summed E-state index contributed by atoms with van der Waals surface area (Å²) in [4.78, 5) is 19.7. The summed E-state index contributed by atoms with van der Waals surface area (Å²) in [5.74, 6) is 0.0937. The Hall–Kier alpha value is -1.62. The molecular weight excluding hydrogens is 234 g/mol. The predicted octanol–water partition coefficient (Wildman–Crippen LogP) is 1.76. The van der Waals surface area contributed by atoms with Crippen molar-refractivity contribution in [1.82, 2.24) is 15.3 Å². The van der Waals surface area contributed by atoms with E-state index in [1.54, 1.807) is 23.9 Å². The number of aromatic amines is 1. The number of carbonyl (C=O) groups is 1. The van der Waals surface area contributed by atoms with Gasteiger partial charge in [0.1, 0.15) is 0 Å². The van der Waals surface area contributed by atoms with E-state index >= 15 is 0 Å². The number of amides is 1. The Morgan fingerprint density at radius 3 is 3.12 bits per heavy atom. The third kappa shape index (κ3) is 4.03. The van der Waals surface area contributed by atoms with Crippen LogP contribution in [0, 0.1) is 0 Å². The molecule has 0 spiro atoms. The summed E-state index contributed by atoms with van der Waals surface area (Å²) < 4.78 is 0. The Kier molecular flexibility index (Phi) is 4.32. The molecule has 2 N–H and O–H groups in total. The molecule has 2 rings (SSSR count). The van der Waals surface area contributed by atoms with Gasteiger partial charge in [-0.2, -0.15) is 0 Å². The summed E-state index contributed by atoms with van der Waals surface area (Å²) in [6.07, 6.45) is 5.51. The van der Waals surface area contributed by atoms with E-state index in [0.29, 0.717) is 19.4 Å². The van der Waals surface area contributed by atoms with Crippen LogP contribution in [0.15, 0.2) is 30.0 Å². The van der Waals surface area contributed by atoms with Crippen LogP contribution in [0.4, 0.5) is 0 Å². The van der Waals surface area contributed by atoms with Gasteiger partial charge in [0, 0.05) is 29.7 Å². The lowest BCUT2D eigenvalue weighted by atomic mass is 10.2. The first-order valence-electron chi connectivity index (χ1n) is 5.61. The number of hydrogen-bond donors (Lipinski definition) is 2. The van der Waals surface area contributed by atoms with Gasteiger partial charge in [-0.15, -0.1) is 11.3 Å². The van der Waals surface area contributed by atoms with Crippen molar-refractivity contribution in [3.05, 3.63) is 40.6 Å². The number of rotatable bonds is 6. The van der Waals surface area contributed by atoms with E-state index in [4.69, 9.17) is 0 Å². The van der Waals surface area contributed by atoms with Gasteiger partial charge in [-0.25, -0.2) is 4.98 Å². The fourth-order valence-electron chi connectivity index (χ4n) is 1.54. The first kappa shape index (κ1) is 11.9. The van der Waals surface area contributed by atoms with Crippen LogP contribution in [0.3, 0.4) is 0 Å². The zero-order chi connectivity index (χ0) is 11.9. The van der Waals surface area contributed by atoms with E-state index in [1.165, 1.54) is 4.88 Å². The maximum atomic E-state index is 11.5. The average molecular weight is 249 g/mol. The fraction of sp³-hybridized carbons (Fsp3) is 0.333. The van der Waals surface area contributed by atoms with Crippen molar-refractivity contribution in [1.29, 1.82) is 0 Å². The minimum absolute atomic E-state index is 0.0937. The van der Waals surface area contributed by atoms with E-state index in [1.807, 2.05) is 6.07 Å². The molecular formula is C12H15N3OS. The zero-order valence-electron chi connectivity index (χ0n) is 9.48. The number of aromatic nitrogens is 2. The van der Waals surface area contributed by atoms with E-state index in [9.17, 15) is 4.79 Å². The molecule has 4 nitrogen and oxygen atoms in total. The van der Waals surface area contributed by atoms with Crippen molar-refractivity contribution in [2.24, 2.45) is 0 Å². The van der Waals surface area contributed by atoms with Crippen molar-refractivity contribution in [3.63, 3.8) is 0 Å². The SMILES string of the molecule is O=C(CCc1cnc[nH]1)NCCc1cccs1. The number of hydrogen-bond acceptors (Lipinski definition) is 3. The molecule has 0 radical (unpaired) electrons. The van der Waals surface area contributed by atoms with E-state index in [0.717, 1.165) is 12.1 Å². The van der Waals surface area contributed by atoms with Crippen molar-refractivity contribution >= 4 is 17.2 Å². The van der Waals surface area contributed by atoms with Gasteiger partial charge in [-0.05, 0) is 24.3 Å². The summed E-state index contributed by atoms with van der Waals surface area (Å²) in [7, 11) is 0. The van der Waals surface area contributed by atoms with Crippen LogP contribution in [0.25, 0.3) is 0 Å². The average Bonchev–Trinajstić information content (AvgIpc) is 2.99. The third-order valence-electron chi connectivity index (χ3n) is 2.45. The second-order valence-corrected chi connectivity index (χ2v) is 4.79. The molecule has 2 heterocycles. The Morgan fingerprint density at radius 2 is 2.41 bits per heavy atom. The highest BCUT2D eigenvalue weighted by atomic mass is 32.1. The quantitative estimate of drug-likeness (QED) is 0.819. The number of H-pyrrole nitrogens is 1. The van der Waals surface area contributed by atoms with Crippen LogP contribution >= 0.6 is 11.3 Å². The molecule has 17 heavy (non-hydrogen) atoms. The van der Waals surface area contributed by atoms with Gasteiger partial charge in [0.15, 0.2) is 0 Å². The fourth-order valence-corrected chi connectivity index (χ4v) is 2.25. The zero-order valence-corrected chi connectivity index (χ0v) is 10.3. The maximum absolute atomic E-state index is 11.5. The number of thiophene rings is 1. The highest BCUT2D eigenvalue weighted by molar-refractivity contribution is 7.09. The standard InChI is InChI=1S/C12H15N3OS/c16-12(4-3-10-8-13-9-15-10)14-6-5-11-2-1-7-17-11/h1-2,7-9H,3-6H2,(H,13,15)(H,14,16). The molecule has 0 aliphatic heterocycles. The van der Waals surface area contributed by atoms with Crippen LogP contribution in [-0.2, 0) is 17.6 Å². The van der Waals surface area contributed by atoms with E-state index in [-0.39, 0.29) is 5.91 Å². The molecule has 0 bridgehead atoms. The number of nitrogens with zero attached hydrogens (tertiary/aromatic N) is 1. The number of carbonyl (C=O) groups excluding carboxylic acids is 1. The van der Waals surface area contributed by atoms with Crippen LogP contribution < -0.4 is 5.32 Å². The monoisotopic (exact) mass is 249 g/mol. The molecule has 0 aliphatic rings. The minimum atomic E-state index is 0.0937. The molecule has 2 aromatic heterocycles. The van der Waals surface area contributed by atoms with Crippen molar-refractivity contribution in [3.8, 4) is 0 Å². The van der Waals surface area contributed by atoms with Gasteiger partial charge in [0.2, 0.25) is 5.91 Å². The van der Waals surface area contributed by atoms with E-state index in [2.05, 4.69) is 26.7 Å². The number of imidazole rings is 1. The van der Waals surface area contributed by atoms with Crippen molar-refractivity contribution < 1.29 is 4.79 Å². The second kappa shape index (κ2) is 6.20. The highest BCUT2D eigenvalue weighted by Gasteiger charge is 2.02. The van der Waals surface area contributed by atoms with Gasteiger partial charge >= 0.3 is 0 Å². The van der Waals surface area contributed by atoms with Gasteiger partial charge < -0.3 is 10.3 Å². The molecule has 90 valence electrons. The van der Waals surface area contributed by atoms with Crippen LogP contribution in [-0.4, -0.2) is 22.4 Å². The van der Waals surface area contributed by atoms with E-state index < -0.39 is 0 Å². The molecule has 0 aliphatic carbocycles. The number of nitrogens with one attached hydrogen (secondary N) is 2. The van der Waals surface area contributed by atoms with Gasteiger partial charge in [-0.1, -0.05) is 6.07 Å². The second-order valence-electron chi connectivity index (χ2n) is 3.76. The molecule has 0 saturated carbocycles. The van der Waals surface area contributed by atoms with Crippen LogP contribution in [0.2, 0.25) is 0 Å². The lowest BCUT2D eigenvalue weighted by Crippen LogP contribution is -2.25. The largest absolute Gasteiger partial charge is 0.356 e. The molecule has 0 aromatic carbocycles. The molecule has 2 aromatic rings. The summed E-state index contributed by atoms with van der Waals surface area (Å²) in [6.45, 7) is 0.711. The van der Waals surface area contributed by atoms with Crippen LogP contribution in [0.1, 0.15) is 17.0 Å². The third-order valence-corrected chi connectivity index (χ3v) is 3.39. The normalized spacial score (nSPS) is 10.4. The molecule has 1 amide bonds. The summed E-state index contributed by atoms with van der Waals surface area (Å²) in [5, 5.41) is 4.97. The maximum Gasteiger partial charge on any atom is 0.220 e. The number of aryl methyl sites for hydroxylation is 1. The van der Waals surface area contributed by atoms with Crippen LogP contribution in [0.5, 0.6) is 0 Å². The van der Waals surface area contributed by atoms with Crippen molar-refractivity contribution in [2.45, 2.75) is 19.3 Å². The van der Waals surface area contributed by atoms with Gasteiger partial charge in [0.05, 0.1) is 6.33 Å².